The lowest BCUT2D eigenvalue weighted by molar-refractivity contribution is 0.0966. The molecule has 2 unspecified atom stereocenters. The number of hydrogen-bond donors (Lipinski definition) is 1. The van der Waals surface area contributed by atoms with Crippen molar-refractivity contribution < 1.29 is 9.53 Å². The summed E-state index contributed by atoms with van der Waals surface area (Å²) in [6.07, 6.45) is 2.80. The van der Waals surface area contributed by atoms with Gasteiger partial charge in [-0.3, -0.25) is 13.9 Å². The van der Waals surface area contributed by atoms with Gasteiger partial charge in [-0.2, -0.15) is 0 Å². The van der Waals surface area contributed by atoms with Gasteiger partial charge >= 0.3 is 11.7 Å². The molecule has 1 saturated carbocycles. The maximum Gasteiger partial charge on any atom is 0.332 e. The number of carbonyl (C=O) groups is 1. The number of aryl methyl sites for hydroxylation is 1. The minimum absolute atomic E-state index is 0.00805. The Labute approximate surface area is 172 Å². The van der Waals surface area contributed by atoms with Crippen LogP contribution >= 0.6 is 11.3 Å². The van der Waals surface area contributed by atoms with Gasteiger partial charge in [0.25, 0.3) is 5.56 Å². The molecule has 9 heteroatoms. The van der Waals surface area contributed by atoms with Gasteiger partial charge in [0.2, 0.25) is 0 Å². The molecule has 2 amide bonds. The van der Waals surface area contributed by atoms with Crippen molar-refractivity contribution in [2.45, 2.75) is 58.3 Å². The third-order valence-corrected chi connectivity index (χ3v) is 7.73. The maximum absolute atomic E-state index is 13.3. The molecule has 1 aliphatic carbocycles. The van der Waals surface area contributed by atoms with Crippen LogP contribution in [0.3, 0.4) is 0 Å². The number of amides is 2. The Bertz CT molecular complexity index is 1090. The summed E-state index contributed by atoms with van der Waals surface area (Å²) in [4.78, 5) is 42.1. The van der Waals surface area contributed by atoms with Crippen LogP contribution in [0.25, 0.3) is 10.2 Å². The number of urea groups is 1. The highest BCUT2D eigenvalue weighted by Gasteiger charge is 2.38. The van der Waals surface area contributed by atoms with Crippen LogP contribution in [0.4, 0.5) is 4.79 Å². The van der Waals surface area contributed by atoms with Crippen LogP contribution in [-0.4, -0.2) is 45.9 Å². The third kappa shape index (κ3) is 3.11. The summed E-state index contributed by atoms with van der Waals surface area (Å²) in [6.45, 7) is 6.96. The van der Waals surface area contributed by atoms with Gasteiger partial charge in [-0.15, -0.1) is 11.3 Å². The normalized spacial score (nSPS) is 26.5. The minimum atomic E-state index is -0.223. The number of fused-ring (bicyclic) bond motifs is 1. The molecule has 5 rings (SSSR count). The second-order valence-corrected chi connectivity index (χ2v) is 9.55. The van der Waals surface area contributed by atoms with Crippen LogP contribution in [0.15, 0.2) is 9.59 Å². The second-order valence-electron chi connectivity index (χ2n) is 8.47. The van der Waals surface area contributed by atoms with E-state index in [0.29, 0.717) is 42.3 Å². The van der Waals surface area contributed by atoms with Crippen LogP contribution < -0.4 is 16.6 Å². The number of ether oxygens (including phenoxy) is 1. The van der Waals surface area contributed by atoms with Gasteiger partial charge in [-0.05, 0) is 37.7 Å². The monoisotopic (exact) mass is 418 g/mol. The number of thiophene rings is 1. The van der Waals surface area contributed by atoms with Crippen molar-refractivity contribution in [1.29, 1.82) is 0 Å². The molecule has 2 aliphatic heterocycles. The van der Waals surface area contributed by atoms with Gasteiger partial charge in [0, 0.05) is 30.6 Å². The number of carbonyl (C=O) groups excluding carboxylic acids is 1. The molecule has 1 N–H and O–H groups in total. The van der Waals surface area contributed by atoms with Gasteiger partial charge < -0.3 is 15.0 Å². The first-order chi connectivity index (χ1) is 14.0. The Kier molecular flexibility index (Phi) is 4.54. The van der Waals surface area contributed by atoms with Gasteiger partial charge in [0.15, 0.2) is 0 Å². The average molecular weight is 419 g/mol. The van der Waals surface area contributed by atoms with Gasteiger partial charge in [0.05, 0.1) is 24.6 Å². The highest BCUT2D eigenvalue weighted by atomic mass is 32.1. The fourth-order valence-corrected chi connectivity index (χ4v) is 5.82. The lowest BCUT2D eigenvalue weighted by Gasteiger charge is -2.15. The lowest BCUT2D eigenvalue weighted by atomic mass is 10.2. The summed E-state index contributed by atoms with van der Waals surface area (Å²) in [7, 11) is 0. The van der Waals surface area contributed by atoms with Crippen molar-refractivity contribution in [3.63, 3.8) is 0 Å². The molecule has 0 radical (unpaired) electrons. The Morgan fingerprint density at radius 2 is 2.07 bits per heavy atom. The zero-order valence-corrected chi connectivity index (χ0v) is 17.6. The first-order valence-corrected chi connectivity index (χ1v) is 11.2. The van der Waals surface area contributed by atoms with Gasteiger partial charge in [-0.25, -0.2) is 9.59 Å². The second kappa shape index (κ2) is 6.98. The molecule has 2 aromatic rings. The largest absolute Gasteiger partial charge is 0.376 e. The highest BCUT2D eigenvalue weighted by Crippen LogP contribution is 2.41. The van der Waals surface area contributed by atoms with Gasteiger partial charge in [-0.1, -0.05) is 6.92 Å². The van der Waals surface area contributed by atoms with E-state index < -0.39 is 0 Å². The van der Waals surface area contributed by atoms with Crippen molar-refractivity contribution in [2.24, 2.45) is 5.92 Å². The fraction of sp³-hybridized carbons (Fsp3) is 0.650. The number of nitrogens with one attached hydrogen (secondary N) is 1. The van der Waals surface area contributed by atoms with Crippen molar-refractivity contribution in [3.05, 3.63) is 31.3 Å². The van der Waals surface area contributed by atoms with Crippen molar-refractivity contribution >= 4 is 27.6 Å². The van der Waals surface area contributed by atoms with Gasteiger partial charge in [0.1, 0.15) is 4.83 Å². The number of nitrogens with zero attached hydrogens (tertiary/aromatic N) is 3. The molecule has 2 aromatic heterocycles. The lowest BCUT2D eigenvalue weighted by Crippen LogP contribution is -2.41. The quantitative estimate of drug-likeness (QED) is 0.803. The SMILES string of the molecule is Cc1c(CN2CCNC2=O)sc2c1c(=O)n(C1CC1C)c(=O)n2C[C@H]1CCCO1. The summed E-state index contributed by atoms with van der Waals surface area (Å²) < 4.78 is 9.00. The first kappa shape index (κ1) is 18.9. The standard InChI is InChI=1S/C20H26N4O4S/c1-11-8-14(11)24-17(25)16-12(2)15(10-22-6-5-21-19(22)26)29-18(16)23(20(24)27)9-13-4-3-7-28-13/h11,13-14H,3-10H2,1-2H3,(H,21,26)/t11?,13-,14?/m1/s1. The van der Waals surface area contributed by atoms with Crippen LogP contribution in [0.2, 0.25) is 0 Å². The first-order valence-electron chi connectivity index (χ1n) is 10.4. The molecule has 3 fully saturated rings. The number of hydrogen-bond acceptors (Lipinski definition) is 5. The fourth-order valence-electron chi connectivity index (χ4n) is 4.50. The van der Waals surface area contributed by atoms with E-state index in [0.717, 1.165) is 36.3 Å². The molecule has 156 valence electrons. The summed E-state index contributed by atoms with van der Waals surface area (Å²) in [5, 5.41) is 3.44. The van der Waals surface area contributed by atoms with Crippen LogP contribution in [0.5, 0.6) is 0 Å². The van der Waals surface area contributed by atoms with E-state index in [9.17, 15) is 14.4 Å². The summed E-state index contributed by atoms with van der Waals surface area (Å²) in [6, 6.07) is -0.0925. The predicted octanol–water partition coefficient (Wildman–Crippen LogP) is 1.82. The summed E-state index contributed by atoms with van der Waals surface area (Å²) in [5.74, 6) is 0.348. The Balaban J connectivity index is 1.65. The zero-order valence-electron chi connectivity index (χ0n) is 16.8. The summed E-state index contributed by atoms with van der Waals surface area (Å²) >= 11 is 1.47. The molecular weight excluding hydrogens is 392 g/mol. The summed E-state index contributed by atoms with van der Waals surface area (Å²) in [5.41, 5.74) is 0.478. The van der Waals surface area contributed by atoms with E-state index in [1.54, 1.807) is 9.47 Å². The Morgan fingerprint density at radius 3 is 2.69 bits per heavy atom. The van der Waals surface area contributed by atoms with Crippen molar-refractivity contribution in [3.8, 4) is 0 Å². The minimum Gasteiger partial charge on any atom is -0.376 e. The molecule has 2 saturated heterocycles. The van der Waals surface area contributed by atoms with E-state index in [1.165, 1.54) is 15.9 Å². The number of rotatable bonds is 5. The van der Waals surface area contributed by atoms with E-state index in [4.69, 9.17) is 4.74 Å². The van der Waals surface area contributed by atoms with Crippen molar-refractivity contribution in [1.82, 2.24) is 19.4 Å². The smallest absolute Gasteiger partial charge is 0.332 e. The topological polar surface area (TPSA) is 85.6 Å². The molecule has 0 bridgehead atoms. The molecule has 0 aromatic carbocycles. The molecule has 3 aliphatic rings. The van der Waals surface area contributed by atoms with E-state index >= 15 is 0 Å². The Hall–Kier alpha value is -2.13. The third-order valence-electron chi connectivity index (χ3n) is 6.43. The average Bonchev–Trinajstić information content (AvgIpc) is 3.08. The molecule has 29 heavy (non-hydrogen) atoms. The Morgan fingerprint density at radius 1 is 1.28 bits per heavy atom. The predicted molar refractivity (Wildman–Crippen MR) is 111 cm³/mol. The molecule has 3 atom stereocenters. The molecule has 4 heterocycles. The number of aromatic nitrogens is 2. The molecular formula is C20H26N4O4S. The van der Waals surface area contributed by atoms with Crippen LogP contribution in [-0.2, 0) is 17.8 Å². The molecule has 0 spiro atoms. The van der Waals surface area contributed by atoms with Crippen LogP contribution in [0.1, 0.15) is 42.7 Å². The van der Waals surface area contributed by atoms with E-state index in [-0.39, 0.29) is 29.4 Å². The molecule has 8 nitrogen and oxygen atoms in total. The maximum atomic E-state index is 13.3. The zero-order chi connectivity index (χ0) is 20.3. The highest BCUT2D eigenvalue weighted by molar-refractivity contribution is 7.18. The van der Waals surface area contributed by atoms with E-state index in [2.05, 4.69) is 12.2 Å². The van der Waals surface area contributed by atoms with Crippen molar-refractivity contribution in [2.75, 3.05) is 19.7 Å². The van der Waals surface area contributed by atoms with Crippen LogP contribution in [0, 0.1) is 12.8 Å². The van der Waals surface area contributed by atoms with E-state index in [1.807, 2.05) is 6.92 Å².